The molecule has 10 heteroatoms. The molecule has 1 fully saturated rings. The summed E-state index contributed by atoms with van der Waals surface area (Å²) >= 11 is 0. The first-order chi connectivity index (χ1) is 15.7. The van der Waals surface area contributed by atoms with Gasteiger partial charge in [0.1, 0.15) is 11.4 Å². The molecule has 0 unspecified atom stereocenters. The minimum Gasteiger partial charge on any atom is -0.373 e. The third kappa shape index (κ3) is 4.62. The number of aromatic nitrogens is 2. The van der Waals surface area contributed by atoms with E-state index in [-0.39, 0.29) is 18.6 Å². The van der Waals surface area contributed by atoms with Crippen LogP contribution in [0.5, 0.6) is 0 Å². The topological polar surface area (TPSA) is 76.5 Å². The van der Waals surface area contributed by atoms with E-state index in [0.29, 0.717) is 48.6 Å². The summed E-state index contributed by atoms with van der Waals surface area (Å²) in [5, 5.41) is 2.89. The third-order valence-electron chi connectivity index (χ3n) is 6.38. The van der Waals surface area contributed by atoms with Crippen LogP contribution in [0.4, 0.5) is 13.2 Å². The Labute approximate surface area is 189 Å². The second-order valence-electron chi connectivity index (χ2n) is 8.49. The second-order valence-corrected chi connectivity index (χ2v) is 8.49. The van der Waals surface area contributed by atoms with Gasteiger partial charge in [-0.1, -0.05) is 13.0 Å². The van der Waals surface area contributed by atoms with E-state index in [9.17, 15) is 22.8 Å². The first-order valence-corrected chi connectivity index (χ1v) is 11.2. The number of alkyl halides is 3. The van der Waals surface area contributed by atoms with Gasteiger partial charge in [-0.05, 0) is 43.9 Å². The molecule has 2 amide bonds. The smallest absolute Gasteiger partial charge is 0.373 e. The lowest BCUT2D eigenvalue weighted by molar-refractivity contribution is -0.141. The Morgan fingerprint density at radius 1 is 1.30 bits per heavy atom. The first kappa shape index (κ1) is 23.3. The van der Waals surface area contributed by atoms with Gasteiger partial charge in [0.2, 0.25) is 0 Å². The highest BCUT2D eigenvalue weighted by molar-refractivity contribution is 6.01. The number of fused-ring (bicyclic) bond motifs is 1. The number of nitrogens with one attached hydrogen (secondary N) is 1. The monoisotopic (exact) mass is 464 g/mol. The zero-order chi connectivity index (χ0) is 23.8. The number of carbonyl (C=O) groups is 2. The van der Waals surface area contributed by atoms with Crippen molar-refractivity contribution in [3.8, 4) is 0 Å². The van der Waals surface area contributed by atoms with Crippen LogP contribution in [-0.2, 0) is 24.1 Å². The Morgan fingerprint density at radius 3 is 2.70 bits per heavy atom. The number of rotatable bonds is 5. The number of halogens is 3. The average molecular weight is 464 g/mol. The summed E-state index contributed by atoms with van der Waals surface area (Å²) in [5.74, 6) is -0.495. The highest BCUT2D eigenvalue weighted by Gasteiger charge is 2.34. The molecule has 2 aliphatic heterocycles. The van der Waals surface area contributed by atoms with Gasteiger partial charge in [-0.2, -0.15) is 13.2 Å². The van der Waals surface area contributed by atoms with E-state index < -0.39 is 23.8 Å². The summed E-state index contributed by atoms with van der Waals surface area (Å²) < 4.78 is 45.8. The zero-order valence-corrected chi connectivity index (χ0v) is 18.6. The lowest BCUT2D eigenvalue weighted by Crippen LogP contribution is -2.34. The minimum absolute atomic E-state index is 0.104. The van der Waals surface area contributed by atoms with Crippen LogP contribution in [-0.4, -0.2) is 45.5 Å². The van der Waals surface area contributed by atoms with E-state index in [1.807, 2.05) is 23.3 Å². The van der Waals surface area contributed by atoms with Crippen LogP contribution in [0.1, 0.15) is 76.9 Å². The SMILES string of the molecule is CC[C@@H](NC(=O)c1cc(C(=O)N2CCC[C@@H]2C)c2n1CCOC2)c1ccc(C(F)(F)F)nc1. The molecule has 7 nitrogen and oxygen atoms in total. The Bertz CT molecular complexity index is 1030. The maximum atomic E-state index is 13.2. The van der Waals surface area contributed by atoms with E-state index in [0.717, 1.165) is 25.1 Å². The van der Waals surface area contributed by atoms with Crippen LogP contribution >= 0.6 is 0 Å². The number of amides is 2. The van der Waals surface area contributed by atoms with E-state index in [4.69, 9.17) is 4.74 Å². The van der Waals surface area contributed by atoms with Gasteiger partial charge in [0.25, 0.3) is 11.8 Å². The molecule has 4 rings (SSSR count). The largest absolute Gasteiger partial charge is 0.433 e. The molecule has 1 saturated heterocycles. The first-order valence-electron chi connectivity index (χ1n) is 11.2. The summed E-state index contributed by atoms with van der Waals surface area (Å²) in [7, 11) is 0. The van der Waals surface area contributed by atoms with Crippen LogP contribution in [0, 0.1) is 0 Å². The molecule has 0 spiro atoms. The molecule has 4 heterocycles. The molecule has 2 atom stereocenters. The van der Waals surface area contributed by atoms with Crippen LogP contribution in [0.15, 0.2) is 24.4 Å². The standard InChI is InChI=1S/C23H27F3N4O3/c1-3-17(15-6-7-20(27-12-15)23(24,25)26)28-21(31)18-11-16(19-13-33-10-9-30(18)19)22(32)29-8-4-5-14(29)2/h6-7,11-12,14,17H,3-5,8-10,13H2,1-2H3,(H,28,31)/t14-,17+/m0/s1. The van der Waals surface area contributed by atoms with Crippen LogP contribution in [0.25, 0.3) is 0 Å². The highest BCUT2D eigenvalue weighted by Crippen LogP contribution is 2.29. The lowest BCUT2D eigenvalue weighted by Gasteiger charge is -2.23. The molecule has 0 bridgehead atoms. The van der Waals surface area contributed by atoms with Crippen molar-refractivity contribution in [3.63, 3.8) is 0 Å². The van der Waals surface area contributed by atoms with Crippen molar-refractivity contribution in [2.75, 3.05) is 13.2 Å². The number of hydrogen-bond acceptors (Lipinski definition) is 4. The Balaban J connectivity index is 1.58. The number of nitrogens with zero attached hydrogens (tertiary/aromatic N) is 3. The summed E-state index contributed by atoms with van der Waals surface area (Å²) in [6.45, 7) is 5.65. The van der Waals surface area contributed by atoms with Crippen molar-refractivity contribution in [1.82, 2.24) is 19.8 Å². The maximum absolute atomic E-state index is 13.2. The molecule has 0 saturated carbocycles. The molecular weight excluding hydrogens is 437 g/mol. The summed E-state index contributed by atoms with van der Waals surface area (Å²) in [6, 6.07) is 3.48. The highest BCUT2D eigenvalue weighted by atomic mass is 19.4. The van der Waals surface area contributed by atoms with E-state index in [1.165, 1.54) is 6.07 Å². The van der Waals surface area contributed by atoms with Gasteiger partial charge in [-0.3, -0.25) is 14.6 Å². The van der Waals surface area contributed by atoms with Crippen molar-refractivity contribution < 1.29 is 27.5 Å². The van der Waals surface area contributed by atoms with E-state index in [1.54, 1.807) is 6.07 Å². The Morgan fingerprint density at radius 2 is 2.09 bits per heavy atom. The Kier molecular flexibility index (Phi) is 6.47. The van der Waals surface area contributed by atoms with Gasteiger partial charge >= 0.3 is 6.18 Å². The van der Waals surface area contributed by atoms with Gasteiger partial charge in [-0.15, -0.1) is 0 Å². The molecule has 2 aliphatic rings. The number of ether oxygens (including phenoxy) is 1. The van der Waals surface area contributed by atoms with Crippen molar-refractivity contribution in [3.05, 3.63) is 52.6 Å². The number of hydrogen-bond donors (Lipinski definition) is 1. The quantitative estimate of drug-likeness (QED) is 0.727. The van der Waals surface area contributed by atoms with Gasteiger partial charge in [0, 0.05) is 25.3 Å². The van der Waals surface area contributed by atoms with Crippen molar-refractivity contribution >= 4 is 11.8 Å². The fraction of sp³-hybridized carbons (Fsp3) is 0.522. The van der Waals surface area contributed by atoms with Crippen molar-refractivity contribution in [1.29, 1.82) is 0 Å². The van der Waals surface area contributed by atoms with Crippen molar-refractivity contribution in [2.24, 2.45) is 0 Å². The average Bonchev–Trinajstić information content (AvgIpc) is 3.40. The number of pyridine rings is 1. The fourth-order valence-electron chi connectivity index (χ4n) is 4.52. The van der Waals surface area contributed by atoms with Crippen LogP contribution < -0.4 is 5.32 Å². The lowest BCUT2D eigenvalue weighted by atomic mass is 10.1. The van der Waals surface area contributed by atoms with Gasteiger partial charge in [0.05, 0.1) is 30.5 Å². The van der Waals surface area contributed by atoms with Gasteiger partial charge in [0.15, 0.2) is 0 Å². The summed E-state index contributed by atoms with van der Waals surface area (Å²) in [6.07, 6.45) is -1.02. The molecule has 2 aromatic rings. The zero-order valence-electron chi connectivity index (χ0n) is 18.6. The predicted molar refractivity (Wildman–Crippen MR) is 114 cm³/mol. The molecule has 33 heavy (non-hydrogen) atoms. The molecule has 1 N–H and O–H groups in total. The van der Waals surface area contributed by atoms with Crippen LogP contribution in [0.3, 0.4) is 0 Å². The Hall–Kier alpha value is -2.88. The molecule has 0 aromatic carbocycles. The normalized spacial score (nSPS) is 19.3. The van der Waals surface area contributed by atoms with Crippen LogP contribution in [0.2, 0.25) is 0 Å². The minimum atomic E-state index is -4.52. The molecule has 0 radical (unpaired) electrons. The second kappa shape index (κ2) is 9.17. The molecular formula is C23H27F3N4O3. The predicted octanol–water partition coefficient (Wildman–Crippen LogP) is 3.94. The van der Waals surface area contributed by atoms with E-state index in [2.05, 4.69) is 10.3 Å². The molecule has 0 aliphatic carbocycles. The summed E-state index contributed by atoms with van der Waals surface area (Å²) in [4.78, 5) is 31.7. The van der Waals surface area contributed by atoms with Gasteiger partial charge in [-0.25, -0.2) is 0 Å². The number of likely N-dealkylation sites (tertiary alicyclic amines) is 1. The number of carbonyl (C=O) groups excluding carboxylic acids is 2. The third-order valence-corrected chi connectivity index (χ3v) is 6.38. The molecule has 178 valence electrons. The summed E-state index contributed by atoms with van der Waals surface area (Å²) in [5.41, 5.74) is 1.00. The van der Waals surface area contributed by atoms with E-state index >= 15 is 0 Å². The maximum Gasteiger partial charge on any atom is 0.433 e. The van der Waals surface area contributed by atoms with Gasteiger partial charge < -0.3 is 19.5 Å². The molecule has 2 aromatic heterocycles. The van der Waals surface area contributed by atoms with Crippen molar-refractivity contribution in [2.45, 2.75) is 64.5 Å². The fourth-order valence-corrected chi connectivity index (χ4v) is 4.52.